The topological polar surface area (TPSA) is 64.2 Å². The number of aromatic nitrogens is 2. The number of Topliss-reactive ketones (excluding diaryl/α,β-unsaturated/α-hetero) is 1. The van der Waals surface area contributed by atoms with Crippen molar-refractivity contribution in [2.75, 3.05) is 6.79 Å². The van der Waals surface area contributed by atoms with Crippen molar-refractivity contribution < 1.29 is 14.3 Å². The van der Waals surface area contributed by atoms with Gasteiger partial charge < -0.3 is 14.5 Å². The van der Waals surface area contributed by atoms with Gasteiger partial charge in [0.25, 0.3) is 0 Å². The van der Waals surface area contributed by atoms with Gasteiger partial charge in [-0.05, 0) is 25.1 Å². The van der Waals surface area contributed by atoms with Crippen LogP contribution in [0.15, 0.2) is 72.8 Å². The molecule has 2 heterocycles. The molecule has 3 aromatic carbocycles. The summed E-state index contributed by atoms with van der Waals surface area (Å²) in [4.78, 5) is 19.9. The molecule has 1 N–H and O–H groups in total. The molecule has 0 saturated heterocycles. The summed E-state index contributed by atoms with van der Waals surface area (Å²) in [5.41, 5.74) is 5.34. The van der Waals surface area contributed by atoms with Gasteiger partial charge in [0.05, 0.1) is 11.4 Å². The summed E-state index contributed by atoms with van der Waals surface area (Å²) in [7, 11) is 0. The minimum absolute atomic E-state index is 0.0435. The third-order valence-electron chi connectivity index (χ3n) is 4.98. The molecular formula is C24H18N2O3. The zero-order chi connectivity index (χ0) is 19.8. The van der Waals surface area contributed by atoms with Crippen molar-refractivity contribution in [3.63, 3.8) is 0 Å². The van der Waals surface area contributed by atoms with Crippen molar-refractivity contribution >= 4 is 5.78 Å². The Kier molecular flexibility index (Phi) is 4.13. The van der Waals surface area contributed by atoms with Crippen LogP contribution in [0.4, 0.5) is 0 Å². The van der Waals surface area contributed by atoms with Crippen molar-refractivity contribution in [2.24, 2.45) is 0 Å². The number of hydrogen-bond donors (Lipinski definition) is 1. The molecule has 5 heteroatoms. The summed E-state index contributed by atoms with van der Waals surface area (Å²) in [5.74, 6) is 2.25. The summed E-state index contributed by atoms with van der Waals surface area (Å²) in [6.45, 7) is 1.80. The largest absolute Gasteiger partial charge is 0.454 e. The van der Waals surface area contributed by atoms with Crippen LogP contribution >= 0.6 is 0 Å². The predicted molar refractivity (Wildman–Crippen MR) is 111 cm³/mol. The van der Waals surface area contributed by atoms with Gasteiger partial charge in [-0.3, -0.25) is 4.79 Å². The molecule has 0 atom stereocenters. The molecule has 0 amide bonds. The highest BCUT2D eigenvalue weighted by molar-refractivity contribution is 5.94. The molecule has 0 saturated carbocycles. The summed E-state index contributed by atoms with van der Waals surface area (Å²) < 4.78 is 11.0. The van der Waals surface area contributed by atoms with E-state index >= 15 is 0 Å². The van der Waals surface area contributed by atoms with Crippen LogP contribution in [0.2, 0.25) is 0 Å². The second-order valence-corrected chi connectivity index (χ2v) is 6.88. The van der Waals surface area contributed by atoms with E-state index in [9.17, 15) is 4.79 Å². The maximum atomic E-state index is 11.6. The number of ketones is 1. The first-order valence-electron chi connectivity index (χ1n) is 9.36. The number of imidazole rings is 1. The number of ether oxygens (including phenoxy) is 2. The summed E-state index contributed by atoms with van der Waals surface area (Å²) in [6.07, 6.45) is 0. The molecule has 1 aliphatic rings. The van der Waals surface area contributed by atoms with Gasteiger partial charge in [0, 0.05) is 22.3 Å². The molecule has 0 unspecified atom stereocenters. The molecule has 142 valence electrons. The van der Waals surface area contributed by atoms with Crippen molar-refractivity contribution in [1.29, 1.82) is 0 Å². The Morgan fingerprint density at radius 3 is 2.34 bits per heavy atom. The molecule has 0 fully saturated rings. The molecule has 1 aliphatic heterocycles. The van der Waals surface area contributed by atoms with Gasteiger partial charge in [-0.25, -0.2) is 4.98 Å². The van der Waals surface area contributed by atoms with Crippen molar-refractivity contribution in [1.82, 2.24) is 9.97 Å². The summed E-state index contributed by atoms with van der Waals surface area (Å²) in [6, 6.07) is 23.4. The van der Waals surface area contributed by atoms with Crippen LogP contribution < -0.4 is 9.47 Å². The Labute approximate surface area is 168 Å². The normalized spacial score (nSPS) is 12.2. The fourth-order valence-corrected chi connectivity index (χ4v) is 3.44. The lowest BCUT2D eigenvalue weighted by Crippen LogP contribution is -1.92. The molecule has 4 aromatic rings. The maximum absolute atomic E-state index is 11.6. The smallest absolute Gasteiger partial charge is 0.231 e. The minimum Gasteiger partial charge on any atom is -0.454 e. The lowest BCUT2D eigenvalue weighted by Gasteiger charge is -2.04. The number of fused-ring (bicyclic) bond motifs is 1. The number of benzene rings is 3. The van der Waals surface area contributed by atoms with Crippen LogP contribution in [-0.4, -0.2) is 22.5 Å². The van der Waals surface area contributed by atoms with Gasteiger partial charge in [-0.1, -0.05) is 54.6 Å². The molecule has 0 spiro atoms. The van der Waals surface area contributed by atoms with E-state index in [0.29, 0.717) is 5.56 Å². The minimum atomic E-state index is 0.0435. The first kappa shape index (κ1) is 17.3. The van der Waals surface area contributed by atoms with Crippen LogP contribution in [0, 0.1) is 0 Å². The SMILES string of the molecule is CC(=O)c1ccc(-c2nc(-c3ccc4c(c3)OCO4)c(-c3ccccc3)[nH]2)cc1. The molecule has 1 aromatic heterocycles. The van der Waals surface area contributed by atoms with E-state index in [4.69, 9.17) is 14.5 Å². The van der Waals surface area contributed by atoms with Crippen molar-refractivity contribution in [3.05, 3.63) is 78.4 Å². The number of aromatic amines is 1. The number of carbonyl (C=O) groups is 1. The highest BCUT2D eigenvalue weighted by Crippen LogP contribution is 2.39. The van der Waals surface area contributed by atoms with E-state index in [1.165, 1.54) is 0 Å². The van der Waals surface area contributed by atoms with E-state index in [1.54, 1.807) is 6.92 Å². The Morgan fingerprint density at radius 1 is 0.862 bits per heavy atom. The maximum Gasteiger partial charge on any atom is 0.231 e. The van der Waals surface area contributed by atoms with Gasteiger partial charge in [-0.15, -0.1) is 0 Å². The van der Waals surface area contributed by atoms with Crippen molar-refractivity contribution in [3.8, 4) is 45.4 Å². The van der Waals surface area contributed by atoms with Gasteiger partial charge in [0.15, 0.2) is 17.3 Å². The second kappa shape index (κ2) is 6.95. The van der Waals surface area contributed by atoms with E-state index < -0.39 is 0 Å². The lowest BCUT2D eigenvalue weighted by atomic mass is 10.0. The lowest BCUT2D eigenvalue weighted by molar-refractivity contribution is 0.101. The highest BCUT2D eigenvalue weighted by atomic mass is 16.7. The zero-order valence-electron chi connectivity index (χ0n) is 15.8. The van der Waals surface area contributed by atoms with E-state index in [0.717, 1.165) is 45.4 Å². The molecule has 5 rings (SSSR count). The molecule has 0 bridgehead atoms. The van der Waals surface area contributed by atoms with Crippen LogP contribution in [0.5, 0.6) is 11.5 Å². The molecular weight excluding hydrogens is 364 g/mol. The van der Waals surface area contributed by atoms with Gasteiger partial charge in [-0.2, -0.15) is 0 Å². The number of rotatable bonds is 4. The van der Waals surface area contributed by atoms with E-state index in [1.807, 2.05) is 72.8 Å². The highest BCUT2D eigenvalue weighted by Gasteiger charge is 2.19. The first-order chi connectivity index (χ1) is 14.2. The number of H-pyrrole nitrogens is 1. The Bertz CT molecular complexity index is 1190. The average molecular weight is 382 g/mol. The Balaban J connectivity index is 1.64. The molecule has 0 aliphatic carbocycles. The summed E-state index contributed by atoms with van der Waals surface area (Å²) >= 11 is 0. The molecule has 5 nitrogen and oxygen atoms in total. The number of carbonyl (C=O) groups excluding carboxylic acids is 1. The van der Waals surface area contributed by atoms with Gasteiger partial charge >= 0.3 is 0 Å². The molecule has 29 heavy (non-hydrogen) atoms. The molecule has 0 radical (unpaired) electrons. The Morgan fingerprint density at radius 2 is 1.59 bits per heavy atom. The third-order valence-corrected chi connectivity index (χ3v) is 4.98. The predicted octanol–water partition coefficient (Wildman–Crippen LogP) is 5.34. The number of nitrogens with one attached hydrogen (secondary N) is 1. The number of hydrogen-bond acceptors (Lipinski definition) is 4. The fraction of sp³-hybridized carbons (Fsp3) is 0.0833. The standard InChI is InChI=1S/C24H18N2O3/c1-15(27)16-7-9-18(10-8-16)24-25-22(17-5-3-2-4-6-17)23(26-24)19-11-12-20-21(13-19)29-14-28-20/h2-13H,14H2,1H3,(H,25,26). The van der Waals surface area contributed by atoms with E-state index in [2.05, 4.69) is 4.98 Å². The van der Waals surface area contributed by atoms with Gasteiger partial charge in [0.2, 0.25) is 6.79 Å². The van der Waals surface area contributed by atoms with Crippen LogP contribution in [0.3, 0.4) is 0 Å². The average Bonchev–Trinajstić information content (AvgIpc) is 3.41. The van der Waals surface area contributed by atoms with Gasteiger partial charge in [0.1, 0.15) is 5.82 Å². The van der Waals surface area contributed by atoms with E-state index in [-0.39, 0.29) is 12.6 Å². The van der Waals surface area contributed by atoms with Crippen LogP contribution in [0.25, 0.3) is 33.9 Å². The van der Waals surface area contributed by atoms with Crippen LogP contribution in [-0.2, 0) is 0 Å². The fourth-order valence-electron chi connectivity index (χ4n) is 3.44. The Hall–Kier alpha value is -3.86. The van der Waals surface area contributed by atoms with Crippen molar-refractivity contribution in [2.45, 2.75) is 6.92 Å². The van der Waals surface area contributed by atoms with Crippen LogP contribution in [0.1, 0.15) is 17.3 Å². The quantitative estimate of drug-likeness (QED) is 0.484. The number of nitrogens with zero attached hydrogens (tertiary/aromatic N) is 1. The second-order valence-electron chi connectivity index (χ2n) is 6.88. The summed E-state index contributed by atoms with van der Waals surface area (Å²) in [5, 5.41) is 0. The third kappa shape index (κ3) is 3.17. The monoisotopic (exact) mass is 382 g/mol. The first-order valence-corrected chi connectivity index (χ1v) is 9.36. The zero-order valence-corrected chi connectivity index (χ0v) is 15.8.